The third-order valence-electron chi connectivity index (χ3n) is 6.98. The van der Waals surface area contributed by atoms with Crippen molar-refractivity contribution in [3.8, 4) is 5.75 Å². The van der Waals surface area contributed by atoms with Crippen LogP contribution in [0.4, 0.5) is 16.2 Å². The fourth-order valence-corrected chi connectivity index (χ4v) is 5.22. The zero-order valence-electron chi connectivity index (χ0n) is 22.7. The molecule has 0 radical (unpaired) electrons. The minimum absolute atomic E-state index is 0.193. The molecule has 1 fully saturated rings. The number of esters is 1. The standard InChI is InChI=1S/C29H35Cl2N3O6/c1-2-6-27(36)39-20-40-29(37)34-25-19-22(11-9-21(25)10-12-26(34)35)38-18-4-3-13-32-14-16-33(17-15-32)24-8-5-7-23(30)28(24)31/h5,7-9,11,19H,2-4,6,10,12-18,20H2,1H3. The van der Waals surface area contributed by atoms with Crippen molar-refractivity contribution in [2.24, 2.45) is 0 Å². The van der Waals surface area contributed by atoms with Crippen molar-refractivity contribution < 1.29 is 28.6 Å². The summed E-state index contributed by atoms with van der Waals surface area (Å²) >= 11 is 12.6. The van der Waals surface area contributed by atoms with E-state index < -0.39 is 18.9 Å². The molecule has 0 saturated carbocycles. The third-order valence-corrected chi connectivity index (χ3v) is 7.78. The number of carbonyl (C=O) groups is 3. The summed E-state index contributed by atoms with van der Waals surface area (Å²) in [6, 6.07) is 11.1. The first kappa shape index (κ1) is 30.0. The molecular formula is C29H35Cl2N3O6. The first-order chi connectivity index (χ1) is 19.4. The molecule has 11 heteroatoms. The number of benzene rings is 2. The van der Waals surface area contributed by atoms with Gasteiger partial charge in [-0.1, -0.05) is 42.3 Å². The lowest BCUT2D eigenvalue weighted by molar-refractivity contribution is -0.151. The van der Waals surface area contributed by atoms with Gasteiger partial charge in [-0.05, 0) is 56.0 Å². The molecule has 2 aliphatic rings. The van der Waals surface area contributed by atoms with Gasteiger partial charge in [-0.3, -0.25) is 14.5 Å². The van der Waals surface area contributed by atoms with E-state index in [-0.39, 0.29) is 18.7 Å². The van der Waals surface area contributed by atoms with Gasteiger partial charge in [-0.15, -0.1) is 0 Å². The Morgan fingerprint density at radius 1 is 0.950 bits per heavy atom. The summed E-state index contributed by atoms with van der Waals surface area (Å²) in [5.41, 5.74) is 2.28. The van der Waals surface area contributed by atoms with E-state index in [1.165, 1.54) is 0 Å². The SMILES string of the molecule is CCCC(=O)OCOC(=O)N1C(=O)CCc2ccc(OCCCCN3CCN(c4cccc(Cl)c4Cl)CC3)cc21. The van der Waals surface area contributed by atoms with Crippen LogP contribution in [0.2, 0.25) is 10.0 Å². The summed E-state index contributed by atoms with van der Waals surface area (Å²) in [6.07, 6.45) is 2.57. The molecule has 4 rings (SSSR count). The quantitative estimate of drug-likeness (QED) is 0.187. The molecule has 2 aromatic rings. The Morgan fingerprint density at radius 3 is 2.52 bits per heavy atom. The number of anilines is 2. The van der Waals surface area contributed by atoms with Crippen LogP contribution in [0.25, 0.3) is 0 Å². The number of carbonyl (C=O) groups excluding carboxylic acids is 3. The highest BCUT2D eigenvalue weighted by Gasteiger charge is 2.31. The number of piperazine rings is 1. The van der Waals surface area contributed by atoms with E-state index in [9.17, 15) is 14.4 Å². The number of fused-ring (bicyclic) bond motifs is 1. The molecule has 0 atom stereocenters. The van der Waals surface area contributed by atoms with Gasteiger partial charge in [-0.25, -0.2) is 9.69 Å². The lowest BCUT2D eigenvalue weighted by Crippen LogP contribution is -2.46. The van der Waals surface area contributed by atoms with E-state index in [0.717, 1.165) is 61.7 Å². The highest BCUT2D eigenvalue weighted by Crippen LogP contribution is 2.34. The average Bonchev–Trinajstić information content (AvgIpc) is 2.94. The zero-order chi connectivity index (χ0) is 28.5. The van der Waals surface area contributed by atoms with Crippen LogP contribution in [0, 0.1) is 0 Å². The summed E-state index contributed by atoms with van der Waals surface area (Å²) in [5.74, 6) is -0.249. The Balaban J connectivity index is 1.21. The van der Waals surface area contributed by atoms with Crippen LogP contribution in [0.15, 0.2) is 36.4 Å². The second-order valence-corrected chi connectivity index (χ2v) is 10.6. The number of hydrogen-bond acceptors (Lipinski definition) is 8. The van der Waals surface area contributed by atoms with Gasteiger partial charge in [0.2, 0.25) is 12.7 Å². The Kier molecular flexibility index (Phi) is 10.9. The summed E-state index contributed by atoms with van der Waals surface area (Å²) < 4.78 is 15.9. The minimum atomic E-state index is -0.870. The van der Waals surface area contributed by atoms with Crippen molar-refractivity contribution in [2.75, 3.05) is 55.9 Å². The van der Waals surface area contributed by atoms with Crippen LogP contribution >= 0.6 is 23.2 Å². The molecule has 0 unspecified atom stereocenters. The van der Waals surface area contributed by atoms with E-state index >= 15 is 0 Å². The minimum Gasteiger partial charge on any atom is -0.494 e. The molecule has 1 saturated heterocycles. The molecule has 0 aliphatic carbocycles. The number of amides is 2. The number of halogens is 2. The molecule has 216 valence electrons. The molecule has 40 heavy (non-hydrogen) atoms. The molecule has 2 heterocycles. The Hall–Kier alpha value is -3.01. The molecule has 9 nitrogen and oxygen atoms in total. The highest BCUT2D eigenvalue weighted by atomic mass is 35.5. The smallest absolute Gasteiger partial charge is 0.424 e. The van der Waals surface area contributed by atoms with Gasteiger partial charge in [0.25, 0.3) is 0 Å². The van der Waals surface area contributed by atoms with Crippen LogP contribution in [0.5, 0.6) is 5.75 Å². The van der Waals surface area contributed by atoms with Crippen LogP contribution in [-0.2, 0) is 25.5 Å². The van der Waals surface area contributed by atoms with Crippen LogP contribution < -0.4 is 14.5 Å². The number of unbranched alkanes of at least 4 members (excludes halogenated alkanes) is 1. The molecule has 2 aliphatic heterocycles. The maximum atomic E-state index is 12.6. The first-order valence-corrected chi connectivity index (χ1v) is 14.5. The van der Waals surface area contributed by atoms with E-state index in [2.05, 4.69) is 9.80 Å². The van der Waals surface area contributed by atoms with Crippen molar-refractivity contribution in [3.05, 3.63) is 52.0 Å². The van der Waals surface area contributed by atoms with Crippen molar-refractivity contribution in [2.45, 2.75) is 45.4 Å². The topological polar surface area (TPSA) is 88.6 Å². The summed E-state index contributed by atoms with van der Waals surface area (Å²) in [6.45, 7) is 6.49. The van der Waals surface area contributed by atoms with E-state index in [4.69, 9.17) is 37.4 Å². The predicted molar refractivity (Wildman–Crippen MR) is 154 cm³/mol. The third kappa shape index (κ3) is 7.80. The fourth-order valence-electron chi connectivity index (χ4n) is 4.80. The largest absolute Gasteiger partial charge is 0.494 e. The maximum absolute atomic E-state index is 12.6. The van der Waals surface area contributed by atoms with E-state index in [0.29, 0.717) is 40.9 Å². The fraction of sp³-hybridized carbons (Fsp3) is 0.483. The van der Waals surface area contributed by atoms with Crippen LogP contribution in [0.1, 0.15) is 44.6 Å². The molecule has 2 aromatic carbocycles. The molecule has 0 aromatic heterocycles. The average molecular weight is 593 g/mol. The Morgan fingerprint density at radius 2 is 1.75 bits per heavy atom. The molecule has 0 spiro atoms. The molecule has 2 amide bonds. The number of aryl methyl sites for hydroxylation is 1. The van der Waals surface area contributed by atoms with Crippen LogP contribution in [0.3, 0.4) is 0 Å². The van der Waals surface area contributed by atoms with Gasteiger partial charge in [0.1, 0.15) is 5.75 Å². The lowest BCUT2D eigenvalue weighted by atomic mass is 10.0. The lowest BCUT2D eigenvalue weighted by Gasteiger charge is -2.36. The van der Waals surface area contributed by atoms with Crippen LogP contribution in [-0.4, -0.2) is 69.0 Å². The Bertz CT molecular complexity index is 1200. The number of imide groups is 1. The van der Waals surface area contributed by atoms with Crippen molar-refractivity contribution >= 4 is 52.5 Å². The summed E-state index contributed by atoms with van der Waals surface area (Å²) in [5, 5.41) is 1.18. The highest BCUT2D eigenvalue weighted by molar-refractivity contribution is 6.43. The molecular weight excluding hydrogens is 557 g/mol. The van der Waals surface area contributed by atoms with Gasteiger partial charge >= 0.3 is 12.1 Å². The first-order valence-electron chi connectivity index (χ1n) is 13.7. The van der Waals surface area contributed by atoms with Gasteiger partial charge in [0, 0.05) is 45.1 Å². The van der Waals surface area contributed by atoms with E-state index in [1.807, 2.05) is 31.2 Å². The number of ether oxygens (including phenoxy) is 3. The Labute approximate surface area is 244 Å². The zero-order valence-corrected chi connectivity index (χ0v) is 24.2. The number of rotatable bonds is 11. The second-order valence-electron chi connectivity index (χ2n) is 9.77. The van der Waals surface area contributed by atoms with Gasteiger partial charge < -0.3 is 19.1 Å². The van der Waals surface area contributed by atoms with Crippen molar-refractivity contribution in [1.82, 2.24) is 4.90 Å². The van der Waals surface area contributed by atoms with Gasteiger partial charge in [-0.2, -0.15) is 0 Å². The second kappa shape index (κ2) is 14.6. The monoisotopic (exact) mass is 591 g/mol. The predicted octanol–water partition coefficient (Wildman–Crippen LogP) is 5.69. The van der Waals surface area contributed by atoms with Gasteiger partial charge in [0.15, 0.2) is 0 Å². The normalized spacial score (nSPS) is 15.5. The molecule has 0 bridgehead atoms. The number of hydrogen-bond donors (Lipinski definition) is 0. The van der Waals surface area contributed by atoms with E-state index in [1.54, 1.807) is 12.1 Å². The summed E-state index contributed by atoms with van der Waals surface area (Å²) in [4.78, 5) is 42.4. The van der Waals surface area contributed by atoms with Crippen molar-refractivity contribution in [1.29, 1.82) is 0 Å². The van der Waals surface area contributed by atoms with Gasteiger partial charge in [0.05, 0.1) is 28.0 Å². The molecule has 0 N–H and O–H groups in total. The number of nitrogens with zero attached hydrogens (tertiary/aromatic N) is 3. The van der Waals surface area contributed by atoms with Crippen molar-refractivity contribution in [3.63, 3.8) is 0 Å². The summed E-state index contributed by atoms with van der Waals surface area (Å²) in [7, 11) is 0. The maximum Gasteiger partial charge on any atom is 0.424 e.